The fraction of sp³-hybridized carbons (Fsp3) is 0.500. The maximum Gasteiger partial charge on any atom is 0.325 e. The van der Waals surface area contributed by atoms with Gasteiger partial charge in [0.25, 0.3) is 0 Å². The highest BCUT2D eigenvalue weighted by molar-refractivity contribution is 6.31. The Bertz CT molecular complexity index is 1210. The van der Waals surface area contributed by atoms with Gasteiger partial charge in [-0.05, 0) is 24.5 Å². The smallest absolute Gasteiger partial charge is 0.325 e. The zero-order valence-corrected chi connectivity index (χ0v) is 19.5. The predicted octanol–water partition coefficient (Wildman–Crippen LogP) is -1.17. The highest BCUT2D eigenvalue weighted by Crippen LogP contribution is 2.54. The van der Waals surface area contributed by atoms with Crippen LogP contribution in [-0.2, 0) is 28.7 Å². The van der Waals surface area contributed by atoms with E-state index in [-0.39, 0.29) is 24.4 Å². The summed E-state index contributed by atoms with van der Waals surface area (Å²) in [5.74, 6) is -14.3. The van der Waals surface area contributed by atoms with Gasteiger partial charge in [0.2, 0.25) is 5.91 Å². The van der Waals surface area contributed by atoms with Crippen molar-refractivity contribution in [3.8, 4) is 5.75 Å². The van der Waals surface area contributed by atoms with E-state index in [2.05, 4.69) is 5.32 Å². The molecular weight excluding hydrogens is 476 g/mol. The number of aromatic hydroxyl groups is 1. The number of anilines is 1. The first-order valence-corrected chi connectivity index (χ1v) is 11.5. The van der Waals surface area contributed by atoms with Crippen LogP contribution in [0.3, 0.4) is 0 Å². The Balaban J connectivity index is 1.77. The molecule has 2 unspecified atom stereocenters. The van der Waals surface area contributed by atoms with E-state index in [1.807, 2.05) is 0 Å². The highest BCUT2D eigenvalue weighted by atomic mass is 16.5. The molecular formula is C24H26N2O10. The van der Waals surface area contributed by atoms with E-state index in [9.17, 15) is 44.1 Å². The van der Waals surface area contributed by atoms with Crippen molar-refractivity contribution in [3.63, 3.8) is 0 Å². The molecule has 2 saturated carbocycles. The molecule has 192 valence electrons. The number of nitrogens with one attached hydrogen (secondary N) is 1. The van der Waals surface area contributed by atoms with Gasteiger partial charge in [0.05, 0.1) is 29.9 Å². The molecule has 1 aromatic carbocycles. The molecule has 0 bridgehead atoms. The van der Waals surface area contributed by atoms with Gasteiger partial charge in [-0.1, -0.05) is 13.0 Å². The molecule has 1 aromatic rings. The standard InChI is InChI=1S/C24H26N2O10/c1-3-36-13(28)7-26-11-5-4-9-8(2)14-17(20(31)15(9)19(11)30)22(33)24(35)10(18(14)29)6-12(27)16(21(24)32)23(25)34/h4-5,8,10,14,16-18,26,29-30,35H,3,6-7H2,1-2H3,(H2,25,34)/t8-,10+,14+,16?,17?,18+,24+/m0/s1. The molecule has 6 N–H and O–H groups in total. The summed E-state index contributed by atoms with van der Waals surface area (Å²) in [5, 5.41) is 35.9. The van der Waals surface area contributed by atoms with Crippen LogP contribution in [0.25, 0.3) is 0 Å². The van der Waals surface area contributed by atoms with Gasteiger partial charge >= 0.3 is 5.97 Å². The average molecular weight is 502 g/mol. The SMILES string of the molecule is CCOC(=O)CNc1ccc2c(c1O)C(=O)C1C(=O)[C@]3(O)C(=O)C(C(N)=O)C(=O)C[C@@H]3[C@@H](O)[C@@H]1[C@H]2C. The van der Waals surface area contributed by atoms with Crippen molar-refractivity contribution in [3.05, 3.63) is 23.3 Å². The maximum atomic E-state index is 13.6. The number of carbonyl (C=O) groups excluding carboxylic acids is 6. The minimum atomic E-state index is -2.98. The van der Waals surface area contributed by atoms with Gasteiger partial charge in [0.15, 0.2) is 34.7 Å². The van der Waals surface area contributed by atoms with Crippen LogP contribution in [-0.4, -0.2) is 75.2 Å². The second kappa shape index (κ2) is 8.79. The van der Waals surface area contributed by atoms with Gasteiger partial charge in [-0.2, -0.15) is 0 Å². The highest BCUT2D eigenvalue weighted by Gasteiger charge is 2.69. The third kappa shape index (κ3) is 3.43. The molecule has 0 radical (unpaired) electrons. The van der Waals surface area contributed by atoms with E-state index < -0.39 is 88.5 Å². The summed E-state index contributed by atoms with van der Waals surface area (Å²) in [5.41, 5.74) is 2.23. The Kier molecular flexibility index (Phi) is 6.21. The predicted molar refractivity (Wildman–Crippen MR) is 120 cm³/mol. The second-order valence-corrected chi connectivity index (χ2v) is 9.39. The molecule has 2 fully saturated rings. The van der Waals surface area contributed by atoms with E-state index in [0.717, 1.165) is 0 Å². The number of carbonyl (C=O) groups is 6. The second-order valence-electron chi connectivity index (χ2n) is 9.39. The third-order valence-corrected chi connectivity index (χ3v) is 7.59. The summed E-state index contributed by atoms with van der Waals surface area (Å²) in [6, 6.07) is 2.93. The average Bonchev–Trinajstić information content (AvgIpc) is 2.81. The topological polar surface area (TPSA) is 210 Å². The molecule has 12 nitrogen and oxygen atoms in total. The Morgan fingerprint density at radius 2 is 1.86 bits per heavy atom. The molecule has 0 aliphatic heterocycles. The van der Waals surface area contributed by atoms with Crippen LogP contribution >= 0.6 is 0 Å². The summed E-state index contributed by atoms with van der Waals surface area (Å²) in [6.07, 6.45) is -2.28. The number of primary amides is 1. The van der Waals surface area contributed by atoms with E-state index in [4.69, 9.17) is 10.5 Å². The Morgan fingerprint density at radius 3 is 2.47 bits per heavy atom. The van der Waals surface area contributed by atoms with Crippen LogP contribution in [0.5, 0.6) is 5.75 Å². The number of amides is 1. The van der Waals surface area contributed by atoms with Crippen molar-refractivity contribution < 1.29 is 48.8 Å². The van der Waals surface area contributed by atoms with Crippen LogP contribution in [0.15, 0.2) is 12.1 Å². The number of ether oxygens (including phenoxy) is 1. The first kappa shape index (κ1) is 25.5. The van der Waals surface area contributed by atoms with Crippen molar-refractivity contribution in [1.82, 2.24) is 0 Å². The Hall–Kier alpha value is -3.64. The van der Waals surface area contributed by atoms with Crippen molar-refractivity contribution in [2.24, 2.45) is 29.4 Å². The van der Waals surface area contributed by atoms with Crippen LogP contribution in [0, 0.1) is 23.7 Å². The van der Waals surface area contributed by atoms with Gasteiger partial charge < -0.3 is 31.1 Å². The number of aliphatic hydroxyl groups excluding tert-OH is 1. The number of fused-ring (bicyclic) bond motifs is 3. The number of aliphatic hydroxyl groups is 2. The van der Waals surface area contributed by atoms with Gasteiger partial charge in [-0.3, -0.25) is 28.8 Å². The zero-order valence-electron chi connectivity index (χ0n) is 19.5. The van der Waals surface area contributed by atoms with Crippen LogP contribution in [0.1, 0.15) is 42.1 Å². The summed E-state index contributed by atoms with van der Waals surface area (Å²) in [6.45, 7) is 3.06. The monoisotopic (exact) mass is 502 g/mol. The first-order valence-electron chi connectivity index (χ1n) is 11.5. The molecule has 0 heterocycles. The lowest BCUT2D eigenvalue weighted by Gasteiger charge is -2.52. The number of Topliss-reactive ketones (excluding diaryl/α,β-unsaturated/α-hetero) is 4. The molecule has 0 saturated heterocycles. The fourth-order valence-corrected chi connectivity index (χ4v) is 5.88. The first-order chi connectivity index (χ1) is 16.9. The molecule has 12 heteroatoms. The number of phenolic OH excluding ortho intramolecular Hbond substituents is 1. The zero-order chi connectivity index (χ0) is 26.7. The summed E-state index contributed by atoms with van der Waals surface area (Å²) in [7, 11) is 0. The molecule has 0 aromatic heterocycles. The third-order valence-electron chi connectivity index (χ3n) is 7.59. The van der Waals surface area contributed by atoms with Crippen LogP contribution in [0.4, 0.5) is 5.69 Å². The van der Waals surface area contributed by atoms with Crippen molar-refractivity contribution in [1.29, 1.82) is 0 Å². The summed E-state index contributed by atoms with van der Waals surface area (Å²) < 4.78 is 4.82. The fourth-order valence-electron chi connectivity index (χ4n) is 5.88. The number of ketones is 4. The number of hydrogen-bond donors (Lipinski definition) is 5. The number of nitrogens with two attached hydrogens (primary N) is 1. The molecule has 36 heavy (non-hydrogen) atoms. The van der Waals surface area contributed by atoms with Crippen LogP contribution < -0.4 is 11.1 Å². The van der Waals surface area contributed by atoms with Gasteiger partial charge in [-0.15, -0.1) is 0 Å². The molecule has 7 atom stereocenters. The van der Waals surface area contributed by atoms with Crippen molar-refractivity contribution >= 4 is 40.7 Å². The van der Waals surface area contributed by atoms with E-state index in [1.54, 1.807) is 13.8 Å². The lowest BCUT2D eigenvalue weighted by Crippen LogP contribution is -2.72. The lowest BCUT2D eigenvalue weighted by atomic mass is 9.50. The Labute approximate surface area is 204 Å². The summed E-state index contributed by atoms with van der Waals surface area (Å²) in [4.78, 5) is 76.0. The van der Waals surface area contributed by atoms with Gasteiger partial charge in [0.1, 0.15) is 12.3 Å². The van der Waals surface area contributed by atoms with Gasteiger partial charge in [0, 0.05) is 18.3 Å². The molecule has 0 spiro atoms. The van der Waals surface area contributed by atoms with Crippen LogP contribution in [0.2, 0.25) is 0 Å². The number of benzene rings is 1. The normalized spacial score (nSPS) is 33.3. The van der Waals surface area contributed by atoms with E-state index >= 15 is 0 Å². The maximum absolute atomic E-state index is 13.6. The number of phenols is 1. The largest absolute Gasteiger partial charge is 0.505 e. The Morgan fingerprint density at radius 1 is 1.19 bits per heavy atom. The number of rotatable bonds is 5. The van der Waals surface area contributed by atoms with Gasteiger partial charge in [-0.25, -0.2) is 0 Å². The molecule has 1 amide bonds. The number of esters is 1. The molecule has 3 aliphatic carbocycles. The summed E-state index contributed by atoms with van der Waals surface area (Å²) >= 11 is 0. The van der Waals surface area contributed by atoms with Crippen molar-refractivity contribution in [2.75, 3.05) is 18.5 Å². The van der Waals surface area contributed by atoms with E-state index in [0.29, 0.717) is 5.56 Å². The molecule has 4 rings (SSSR count). The van der Waals surface area contributed by atoms with Crippen molar-refractivity contribution in [2.45, 2.75) is 37.9 Å². The minimum absolute atomic E-state index is 0.00864. The minimum Gasteiger partial charge on any atom is -0.505 e. The number of hydrogen-bond acceptors (Lipinski definition) is 11. The lowest BCUT2D eigenvalue weighted by molar-refractivity contribution is -0.189. The molecule has 3 aliphatic rings. The van der Waals surface area contributed by atoms with E-state index in [1.165, 1.54) is 12.1 Å². The quantitative estimate of drug-likeness (QED) is 0.184.